The van der Waals surface area contributed by atoms with E-state index in [9.17, 15) is 29.1 Å². The molecular formula is C28H39N7O6. The molecule has 13 nitrogen and oxygen atoms in total. The molecule has 2 aromatic carbocycles. The number of carbonyl (C=O) groups is 5. The Bertz CT molecular complexity index is 1140. The van der Waals surface area contributed by atoms with Crippen molar-refractivity contribution < 1.29 is 29.1 Å². The normalized spacial score (nSPS) is 12.0. The van der Waals surface area contributed by atoms with Gasteiger partial charge in [0.05, 0.1) is 19.1 Å². The SMILES string of the molecule is NCCCC(=O)NCCNC(=O)[C@H](Cc1ccccc1)NC(=O)CNC(=O)CNC(=O)[C@@H](N)Cc1ccc(O)cc1. The lowest BCUT2D eigenvalue weighted by atomic mass is 10.1. The van der Waals surface area contributed by atoms with Crippen LogP contribution in [0, 0.1) is 0 Å². The van der Waals surface area contributed by atoms with Gasteiger partial charge in [0.25, 0.3) is 0 Å². The van der Waals surface area contributed by atoms with E-state index in [1.807, 2.05) is 30.3 Å². The molecule has 5 amide bonds. The standard InChI is InChI=1S/C28H39N7O6/c29-12-4-7-24(37)31-13-14-32-28(41)23(16-19-5-2-1-3-6-19)35-26(39)18-33-25(38)17-34-27(40)22(30)15-20-8-10-21(36)11-9-20/h1-3,5-6,8-11,22-23,36H,4,7,12-18,29-30H2,(H,31,37)(H,32,41)(H,33,38)(H,34,40)(H,35,39)/t22-,23-/m0/s1. The van der Waals surface area contributed by atoms with E-state index in [-0.39, 0.29) is 44.1 Å². The van der Waals surface area contributed by atoms with Crippen LogP contribution in [0.2, 0.25) is 0 Å². The first-order valence-electron chi connectivity index (χ1n) is 13.3. The highest BCUT2D eigenvalue weighted by atomic mass is 16.3. The average molecular weight is 570 g/mol. The van der Waals surface area contributed by atoms with Crippen molar-refractivity contribution in [2.45, 2.75) is 37.8 Å². The summed E-state index contributed by atoms with van der Waals surface area (Å²) in [6.07, 6.45) is 1.30. The number of hydrogen-bond acceptors (Lipinski definition) is 8. The summed E-state index contributed by atoms with van der Waals surface area (Å²) in [5.74, 6) is -2.27. The third-order valence-corrected chi connectivity index (χ3v) is 5.89. The third kappa shape index (κ3) is 13.4. The van der Waals surface area contributed by atoms with Crippen molar-refractivity contribution in [3.05, 3.63) is 65.7 Å². The molecular weight excluding hydrogens is 530 g/mol. The van der Waals surface area contributed by atoms with Gasteiger partial charge in [0.2, 0.25) is 29.5 Å². The molecule has 222 valence electrons. The fourth-order valence-corrected chi connectivity index (χ4v) is 3.68. The average Bonchev–Trinajstić information content (AvgIpc) is 2.97. The molecule has 0 saturated heterocycles. The van der Waals surface area contributed by atoms with Crippen molar-refractivity contribution in [2.75, 3.05) is 32.7 Å². The minimum absolute atomic E-state index is 0.0965. The Labute approximate surface area is 238 Å². The molecule has 0 unspecified atom stereocenters. The molecule has 0 aliphatic heterocycles. The molecule has 0 aromatic heterocycles. The molecule has 2 rings (SSSR count). The Hall–Kier alpha value is -4.49. The summed E-state index contributed by atoms with van der Waals surface area (Å²) < 4.78 is 0. The summed E-state index contributed by atoms with van der Waals surface area (Å²) in [7, 11) is 0. The number of benzene rings is 2. The summed E-state index contributed by atoms with van der Waals surface area (Å²) in [6, 6.07) is 13.5. The van der Waals surface area contributed by atoms with E-state index < -0.39 is 42.3 Å². The van der Waals surface area contributed by atoms with E-state index in [0.29, 0.717) is 19.4 Å². The van der Waals surface area contributed by atoms with E-state index >= 15 is 0 Å². The highest BCUT2D eigenvalue weighted by Crippen LogP contribution is 2.10. The molecule has 0 fully saturated rings. The van der Waals surface area contributed by atoms with Crippen LogP contribution in [0.3, 0.4) is 0 Å². The van der Waals surface area contributed by atoms with Crippen LogP contribution in [0.5, 0.6) is 5.75 Å². The van der Waals surface area contributed by atoms with Crippen molar-refractivity contribution in [3.8, 4) is 5.75 Å². The molecule has 0 spiro atoms. The summed E-state index contributed by atoms with van der Waals surface area (Å²) in [6.45, 7) is 0.00190. The molecule has 0 saturated carbocycles. The van der Waals surface area contributed by atoms with Gasteiger partial charge in [0.1, 0.15) is 11.8 Å². The van der Waals surface area contributed by atoms with Crippen molar-refractivity contribution in [1.82, 2.24) is 26.6 Å². The van der Waals surface area contributed by atoms with Gasteiger partial charge < -0.3 is 43.2 Å². The maximum Gasteiger partial charge on any atom is 0.242 e. The molecule has 0 aliphatic carbocycles. The van der Waals surface area contributed by atoms with Crippen molar-refractivity contribution in [2.24, 2.45) is 11.5 Å². The van der Waals surface area contributed by atoms with Crippen LogP contribution >= 0.6 is 0 Å². The van der Waals surface area contributed by atoms with E-state index in [1.165, 1.54) is 12.1 Å². The van der Waals surface area contributed by atoms with E-state index in [2.05, 4.69) is 26.6 Å². The maximum absolute atomic E-state index is 12.8. The summed E-state index contributed by atoms with van der Waals surface area (Å²) in [5, 5.41) is 22.2. The zero-order valence-electron chi connectivity index (χ0n) is 22.9. The van der Waals surface area contributed by atoms with Gasteiger partial charge in [-0.05, 0) is 42.6 Å². The first-order chi connectivity index (χ1) is 19.7. The minimum atomic E-state index is -0.924. The Balaban J connectivity index is 1.79. The maximum atomic E-state index is 12.8. The quantitative estimate of drug-likeness (QED) is 0.101. The van der Waals surface area contributed by atoms with Crippen LogP contribution in [0.25, 0.3) is 0 Å². The van der Waals surface area contributed by atoms with Crippen LogP contribution in [0.1, 0.15) is 24.0 Å². The number of hydrogen-bond donors (Lipinski definition) is 8. The highest BCUT2D eigenvalue weighted by molar-refractivity contribution is 5.92. The van der Waals surface area contributed by atoms with Crippen LogP contribution in [-0.4, -0.2) is 79.4 Å². The van der Waals surface area contributed by atoms with Gasteiger partial charge in [0.15, 0.2) is 0 Å². The lowest BCUT2D eigenvalue weighted by Crippen LogP contribution is -2.52. The fourth-order valence-electron chi connectivity index (χ4n) is 3.68. The molecule has 2 atom stereocenters. The monoisotopic (exact) mass is 569 g/mol. The molecule has 0 radical (unpaired) electrons. The number of nitrogens with one attached hydrogen (secondary N) is 5. The molecule has 13 heteroatoms. The predicted molar refractivity (Wildman–Crippen MR) is 152 cm³/mol. The van der Waals surface area contributed by atoms with Crippen LogP contribution in [0.15, 0.2) is 54.6 Å². The Kier molecular flexibility index (Phi) is 14.3. The fraction of sp³-hybridized carbons (Fsp3) is 0.393. The number of aromatic hydroxyl groups is 1. The van der Waals surface area contributed by atoms with E-state index in [1.54, 1.807) is 12.1 Å². The first kappa shape index (κ1) is 32.7. The largest absolute Gasteiger partial charge is 0.508 e. The lowest BCUT2D eigenvalue weighted by molar-refractivity contribution is -0.130. The number of rotatable bonds is 17. The van der Waals surface area contributed by atoms with Crippen LogP contribution < -0.4 is 38.1 Å². The number of phenols is 1. The van der Waals surface area contributed by atoms with Gasteiger partial charge in [-0.1, -0.05) is 42.5 Å². The minimum Gasteiger partial charge on any atom is -0.508 e. The molecule has 2 aromatic rings. The van der Waals surface area contributed by atoms with Crippen LogP contribution in [-0.2, 0) is 36.8 Å². The van der Waals surface area contributed by atoms with Gasteiger partial charge in [-0.25, -0.2) is 0 Å². The molecule has 0 aliphatic rings. The van der Waals surface area contributed by atoms with Crippen molar-refractivity contribution in [3.63, 3.8) is 0 Å². The molecule has 0 bridgehead atoms. The third-order valence-electron chi connectivity index (χ3n) is 5.89. The van der Waals surface area contributed by atoms with Gasteiger partial charge in [-0.2, -0.15) is 0 Å². The second-order valence-electron chi connectivity index (χ2n) is 9.31. The Morgan fingerprint density at radius 3 is 2.02 bits per heavy atom. The number of carbonyl (C=O) groups excluding carboxylic acids is 5. The number of phenolic OH excluding ortho intramolecular Hbond substituents is 1. The van der Waals surface area contributed by atoms with Gasteiger partial charge in [-0.15, -0.1) is 0 Å². The van der Waals surface area contributed by atoms with Crippen LogP contribution in [0.4, 0.5) is 0 Å². The van der Waals surface area contributed by atoms with Gasteiger partial charge >= 0.3 is 0 Å². The van der Waals surface area contributed by atoms with Gasteiger partial charge in [-0.3, -0.25) is 24.0 Å². The lowest BCUT2D eigenvalue weighted by Gasteiger charge is -2.19. The smallest absolute Gasteiger partial charge is 0.242 e. The number of amides is 5. The number of nitrogens with two attached hydrogens (primary N) is 2. The second kappa shape index (κ2) is 18.0. The Morgan fingerprint density at radius 1 is 0.707 bits per heavy atom. The van der Waals surface area contributed by atoms with Gasteiger partial charge in [0, 0.05) is 25.9 Å². The van der Waals surface area contributed by atoms with E-state index in [0.717, 1.165) is 11.1 Å². The molecule has 41 heavy (non-hydrogen) atoms. The predicted octanol–water partition coefficient (Wildman–Crippen LogP) is -1.81. The summed E-state index contributed by atoms with van der Waals surface area (Å²) in [4.78, 5) is 61.5. The van der Waals surface area contributed by atoms with Crippen molar-refractivity contribution in [1.29, 1.82) is 0 Å². The molecule has 0 heterocycles. The zero-order chi connectivity index (χ0) is 30.0. The Morgan fingerprint density at radius 2 is 1.34 bits per heavy atom. The summed E-state index contributed by atoms with van der Waals surface area (Å²) >= 11 is 0. The highest BCUT2D eigenvalue weighted by Gasteiger charge is 2.22. The second-order valence-corrected chi connectivity index (χ2v) is 9.31. The van der Waals surface area contributed by atoms with Crippen molar-refractivity contribution >= 4 is 29.5 Å². The summed E-state index contributed by atoms with van der Waals surface area (Å²) in [5.41, 5.74) is 12.8. The molecule has 10 N–H and O–H groups in total. The van der Waals surface area contributed by atoms with E-state index in [4.69, 9.17) is 11.5 Å². The first-order valence-corrected chi connectivity index (χ1v) is 13.3. The topological polar surface area (TPSA) is 218 Å². The zero-order valence-corrected chi connectivity index (χ0v) is 22.9.